The first-order chi connectivity index (χ1) is 13.3. The molecule has 8 heteroatoms. The monoisotopic (exact) mass is 385 g/mol. The van der Waals surface area contributed by atoms with E-state index in [0.717, 1.165) is 0 Å². The first kappa shape index (κ1) is 19.2. The Morgan fingerprint density at radius 1 is 1.25 bits per heavy atom. The van der Waals surface area contributed by atoms with Crippen LogP contribution in [0.2, 0.25) is 0 Å². The van der Waals surface area contributed by atoms with Gasteiger partial charge >= 0.3 is 5.97 Å². The number of aromatic nitrogens is 2. The molecule has 0 fully saturated rings. The molecule has 0 bridgehead atoms. The fraction of sp³-hybridized carbons (Fsp3) is 0.150. The highest BCUT2D eigenvalue weighted by molar-refractivity contribution is 6.03. The van der Waals surface area contributed by atoms with Crippen molar-refractivity contribution >= 4 is 34.5 Å². The second-order valence-electron chi connectivity index (χ2n) is 6.24. The molecule has 0 aliphatic rings. The van der Waals surface area contributed by atoms with Crippen LogP contribution in [0.4, 0.5) is 14.5 Å². The lowest BCUT2D eigenvalue weighted by Crippen LogP contribution is -2.12. The highest BCUT2D eigenvalue weighted by Crippen LogP contribution is 2.25. The Labute approximate surface area is 158 Å². The first-order valence-electron chi connectivity index (χ1n) is 8.47. The van der Waals surface area contributed by atoms with Crippen molar-refractivity contribution in [2.24, 2.45) is 0 Å². The lowest BCUT2D eigenvalue weighted by atomic mass is 10.0. The molecule has 1 amide bonds. The summed E-state index contributed by atoms with van der Waals surface area (Å²) in [5.41, 5.74) is 2.10. The molecule has 3 aromatic rings. The summed E-state index contributed by atoms with van der Waals surface area (Å²) in [6, 6.07) is 7.51. The summed E-state index contributed by atoms with van der Waals surface area (Å²) in [7, 11) is 0. The van der Waals surface area contributed by atoms with E-state index in [9.17, 15) is 18.4 Å². The quantitative estimate of drug-likeness (QED) is 0.562. The summed E-state index contributed by atoms with van der Waals surface area (Å²) in [6.45, 7) is 1.51. The van der Waals surface area contributed by atoms with Gasteiger partial charge < -0.3 is 10.4 Å². The number of rotatable bonds is 6. The van der Waals surface area contributed by atoms with E-state index in [1.807, 2.05) is 0 Å². The minimum atomic E-state index is -0.982. The average molecular weight is 385 g/mol. The fourth-order valence-corrected chi connectivity index (χ4v) is 2.80. The zero-order valence-corrected chi connectivity index (χ0v) is 14.9. The summed E-state index contributed by atoms with van der Waals surface area (Å²) in [6.07, 6.45) is 2.81. The summed E-state index contributed by atoms with van der Waals surface area (Å²) in [5, 5.41) is 17.9. The maximum absolute atomic E-state index is 13.9. The van der Waals surface area contributed by atoms with Crippen LogP contribution in [0.15, 0.2) is 36.4 Å². The number of aromatic amines is 1. The van der Waals surface area contributed by atoms with Crippen LogP contribution >= 0.6 is 0 Å². The van der Waals surface area contributed by atoms with Gasteiger partial charge in [0.1, 0.15) is 5.82 Å². The highest BCUT2D eigenvalue weighted by atomic mass is 19.1. The number of carboxylic acid groups (broad SMARTS) is 1. The largest absolute Gasteiger partial charge is 0.481 e. The number of aliphatic carboxylic acids is 1. The van der Waals surface area contributed by atoms with Crippen LogP contribution in [0.5, 0.6) is 0 Å². The standard InChI is InChI=1S/C20H17F2N3O3/c1-11-15(21)7-4-13(5-9-18(27)28)19(11)23-17(26)8-3-12-2-6-14-16(10-12)24-25-20(14)22/h2-4,6-8,10H,5,9H2,1H3,(H,23,26)(H,24,25)(H,27,28)/b8-3+. The number of halogens is 2. The topological polar surface area (TPSA) is 95.1 Å². The summed E-state index contributed by atoms with van der Waals surface area (Å²) in [4.78, 5) is 23.1. The molecule has 0 aliphatic carbocycles. The molecule has 3 N–H and O–H groups in total. The third kappa shape index (κ3) is 4.22. The molecule has 1 aromatic heterocycles. The van der Waals surface area contributed by atoms with Gasteiger partial charge in [0.2, 0.25) is 11.9 Å². The summed E-state index contributed by atoms with van der Waals surface area (Å²) < 4.78 is 27.3. The third-order valence-corrected chi connectivity index (χ3v) is 4.30. The summed E-state index contributed by atoms with van der Waals surface area (Å²) >= 11 is 0. The average Bonchev–Trinajstić information content (AvgIpc) is 3.03. The molecule has 0 saturated heterocycles. The molecule has 1 heterocycles. The van der Waals surface area contributed by atoms with E-state index in [1.165, 1.54) is 31.2 Å². The molecule has 28 heavy (non-hydrogen) atoms. The summed E-state index contributed by atoms with van der Waals surface area (Å²) in [5.74, 6) is -2.51. The van der Waals surface area contributed by atoms with Gasteiger partial charge in [0.15, 0.2) is 0 Å². The molecule has 0 aliphatic heterocycles. The molecule has 0 atom stereocenters. The normalized spacial score (nSPS) is 11.2. The number of carbonyl (C=O) groups excluding carboxylic acids is 1. The molecule has 0 unspecified atom stereocenters. The van der Waals surface area contributed by atoms with E-state index in [4.69, 9.17) is 5.11 Å². The highest BCUT2D eigenvalue weighted by Gasteiger charge is 2.13. The van der Waals surface area contributed by atoms with Gasteiger partial charge in [-0.05, 0) is 48.7 Å². The fourth-order valence-electron chi connectivity index (χ4n) is 2.80. The number of nitrogens with one attached hydrogen (secondary N) is 2. The van der Waals surface area contributed by atoms with E-state index >= 15 is 0 Å². The van der Waals surface area contributed by atoms with Crippen molar-refractivity contribution in [2.45, 2.75) is 19.8 Å². The van der Waals surface area contributed by atoms with Crippen molar-refractivity contribution in [3.63, 3.8) is 0 Å². The van der Waals surface area contributed by atoms with Crippen LogP contribution in [0.25, 0.3) is 17.0 Å². The van der Waals surface area contributed by atoms with Gasteiger partial charge in [-0.25, -0.2) is 4.39 Å². The lowest BCUT2D eigenvalue weighted by molar-refractivity contribution is -0.136. The molecule has 3 rings (SSSR count). The number of anilines is 1. The number of benzene rings is 2. The van der Waals surface area contributed by atoms with Crippen LogP contribution < -0.4 is 5.32 Å². The van der Waals surface area contributed by atoms with Crippen molar-refractivity contribution < 1.29 is 23.5 Å². The predicted octanol–water partition coefficient (Wildman–Crippen LogP) is 3.82. The SMILES string of the molecule is Cc1c(F)ccc(CCC(=O)O)c1NC(=O)/C=C/c1ccc2c(F)[nH]nc2c1. The van der Waals surface area contributed by atoms with Gasteiger partial charge in [-0.2, -0.15) is 9.49 Å². The van der Waals surface area contributed by atoms with Crippen molar-refractivity contribution in [1.29, 1.82) is 0 Å². The number of fused-ring (bicyclic) bond motifs is 1. The number of hydrogen-bond donors (Lipinski definition) is 3. The molecule has 0 spiro atoms. The van der Waals surface area contributed by atoms with E-state index in [2.05, 4.69) is 15.5 Å². The number of nitrogens with zero attached hydrogens (tertiary/aromatic N) is 1. The Kier molecular flexibility index (Phi) is 5.49. The van der Waals surface area contributed by atoms with Crippen LogP contribution in [0.1, 0.15) is 23.1 Å². The smallest absolute Gasteiger partial charge is 0.303 e. The predicted molar refractivity (Wildman–Crippen MR) is 101 cm³/mol. The number of H-pyrrole nitrogens is 1. The zero-order valence-electron chi connectivity index (χ0n) is 14.9. The molecule has 2 aromatic carbocycles. The van der Waals surface area contributed by atoms with E-state index in [-0.39, 0.29) is 24.1 Å². The Morgan fingerprint density at radius 3 is 2.79 bits per heavy atom. The van der Waals surface area contributed by atoms with Crippen LogP contribution in [-0.4, -0.2) is 27.2 Å². The minimum absolute atomic E-state index is 0.135. The molecule has 0 saturated carbocycles. The van der Waals surface area contributed by atoms with Crippen molar-refractivity contribution in [3.8, 4) is 0 Å². The van der Waals surface area contributed by atoms with Gasteiger partial charge in [0, 0.05) is 18.1 Å². The van der Waals surface area contributed by atoms with Crippen LogP contribution in [-0.2, 0) is 16.0 Å². The van der Waals surface area contributed by atoms with Crippen molar-refractivity contribution in [2.75, 3.05) is 5.32 Å². The maximum atomic E-state index is 13.9. The number of carboxylic acids is 1. The van der Waals surface area contributed by atoms with Crippen molar-refractivity contribution in [3.05, 3.63) is 64.9 Å². The van der Waals surface area contributed by atoms with Gasteiger partial charge in [-0.3, -0.25) is 14.7 Å². The van der Waals surface area contributed by atoms with E-state index in [1.54, 1.807) is 18.2 Å². The third-order valence-electron chi connectivity index (χ3n) is 4.30. The second kappa shape index (κ2) is 7.99. The van der Waals surface area contributed by atoms with E-state index in [0.29, 0.717) is 22.0 Å². The van der Waals surface area contributed by atoms with Crippen molar-refractivity contribution in [1.82, 2.24) is 10.2 Å². The molecular weight excluding hydrogens is 368 g/mol. The Bertz CT molecular complexity index is 1090. The van der Waals surface area contributed by atoms with Gasteiger partial charge in [0.25, 0.3) is 0 Å². The Hall–Kier alpha value is -3.55. The minimum Gasteiger partial charge on any atom is -0.481 e. The van der Waals surface area contributed by atoms with E-state index < -0.39 is 23.6 Å². The Morgan fingerprint density at radius 2 is 2.04 bits per heavy atom. The number of aryl methyl sites for hydroxylation is 1. The number of amides is 1. The van der Waals surface area contributed by atoms with Gasteiger partial charge in [-0.1, -0.05) is 12.1 Å². The molecule has 6 nitrogen and oxygen atoms in total. The molecule has 144 valence electrons. The van der Waals surface area contributed by atoms with Gasteiger partial charge in [-0.15, -0.1) is 0 Å². The van der Waals surface area contributed by atoms with Crippen LogP contribution in [0.3, 0.4) is 0 Å². The van der Waals surface area contributed by atoms with Gasteiger partial charge in [0.05, 0.1) is 16.6 Å². The lowest BCUT2D eigenvalue weighted by Gasteiger charge is -2.13. The molecular formula is C20H17F2N3O3. The molecule has 0 radical (unpaired) electrons. The Balaban J connectivity index is 1.78. The number of carbonyl (C=O) groups is 2. The first-order valence-corrected chi connectivity index (χ1v) is 8.47. The second-order valence-corrected chi connectivity index (χ2v) is 6.24. The number of hydrogen-bond acceptors (Lipinski definition) is 3. The van der Waals surface area contributed by atoms with Crippen LogP contribution in [0, 0.1) is 18.7 Å². The maximum Gasteiger partial charge on any atom is 0.303 e. The zero-order chi connectivity index (χ0) is 20.3.